The normalized spacial score (nSPS) is 20.9. The molecule has 0 aromatic carbocycles. The van der Waals surface area contributed by atoms with Crippen molar-refractivity contribution in [2.75, 3.05) is 0 Å². The van der Waals surface area contributed by atoms with Gasteiger partial charge in [-0.2, -0.15) is 0 Å². The Balaban J connectivity index is 1.85. The van der Waals surface area contributed by atoms with Crippen molar-refractivity contribution in [3.8, 4) is 11.3 Å². The molecule has 0 aliphatic carbocycles. The molecule has 0 bridgehead atoms. The first-order valence-corrected chi connectivity index (χ1v) is 6.37. The molecule has 1 saturated heterocycles. The summed E-state index contributed by atoms with van der Waals surface area (Å²) in [6, 6.07) is 5.62. The fraction of sp³-hybridized carbons (Fsp3) is 0.429. The lowest BCUT2D eigenvalue weighted by Crippen LogP contribution is -2.41. The lowest BCUT2D eigenvalue weighted by Gasteiger charge is -2.32. The highest BCUT2D eigenvalue weighted by Gasteiger charge is 2.53. The van der Waals surface area contributed by atoms with Crippen molar-refractivity contribution < 1.29 is 18.1 Å². The molecule has 3 heterocycles. The van der Waals surface area contributed by atoms with Crippen LogP contribution in [0.15, 0.2) is 39.6 Å². The maximum Gasteiger partial charge on any atom is 0.532 e. The van der Waals surface area contributed by atoms with Gasteiger partial charge in [0.15, 0.2) is 0 Å². The van der Waals surface area contributed by atoms with Crippen LogP contribution in [0.4, 0.5) is 0 Å². The Labute approximate surface area is 112 Å². The van der Waals surface area contributed by atoms with Crippen LogP contribution in [-0.4, -0.2) is 18.3 Å². The third-order valence-corrected chi connectivity index (χ3v) is 3.91. The molecular formula is C14H17BO4. The van der Waals surface area contributed by atoms with Crippen molar-refractivity contribution >= 4 is 12.8 Å². The maximum atomic E-state index is 5.93. The Morgan fingerprint density at radius 3 is 2.26 bits per heavy atom. The van der Waals surface area contributed by atoms with Gasteiger partial charge in [-0.1, -0.05) is 0 Å². The van der Waals surface area contributed by atoms with E-state index < -0.39 is 7.12 Å². The van der Waals surface area contributed by atoms with Crippen LogP contribution in [0.3, 0.4) is 0 Å². The van der Waals surface area contributed by atoms with E-state index in [1.54, 1.807) is 12.5 Å². The van der Waals surface area contributed by atoms with Crippen molar-refractivity contribution in [1.29, 1.82) is 0 Å². The third-order valence-electron chi connectivity index (χ3n) is 3.91. The molecule has 1 aliphatic rings. The molecule has 0 amide bonds. The van der Waals surface area contributed by atoms with Gasteiger partial charge in [0.1, 0.15) is 17.7 Å². The second-order valence-electron chi connectivity index (χ2n) is 5.80. The summed E-state index contributed by atoms with van der Waals surface area (Å²) in [6.45, 7) is 8.07. The highest BCUT2D eigenvalue weighted by Crippen LogP contribution is 2.36. The Kier molecular flexibility index (Phi) is 2.66. The molecule has 0 atom stereocenters. The number of furan rings is 2. The topological polar surface area (TPSA) is 44.7 Å². The third kappa shape index (κ3) is 2.03. The zero-order valence-electron chi connectivity index (χ0n) is 11.6. The lowest BCUT2D eigenvalue weighted by atomic mass is 9.86. The SMILES string of the molecule is CC1(C)OB(c2cc(-c3ccco3)co2)OC1(C)C. The number of rotatable bonds is 2. The van der Waals surface area contributed by atoms with Crippen molar-refractivity contribution in [2.24, 2.45) is 0 Å². The van der Waals surface area contributed by atoms with Gasteiger partial charge in [0.05, 0.1) is 23.0 Å². The van der Waals surface area contributed by atoms with Gasteiger partial charge in [-0.3, -0.25) is 0 Å². The van der Waals surface area contributed by atoms with E-state index in [2.05, 4.69) is 0 Å². The number of hydrogen-bond donors (Lipinski definition) is 0. The van der Waals surface area contributed by atoms with E-state index in [1.165, 1.54) is 0 Å². The molecule has 3 rings (SSSR count). The first-order chi connectivity index (χ1) is 8.89. The second-order valence-corrected chi connectivity index (χ2v) is 5.80. The summed E-state index contributed by atoms with van der Waals surface area (Å²) in [4.78, 5) is 0. The van der Waals surface area contributed by atoms with Crippen molar-refractivity contribution in [3.05, 3.63) is 30.7 Å². The quantitative estimate of drug-likeness (QED) is 0.779. The molecule has 100 valence electrons. The molecule has 1 fully saturated rings. The lowest BCUT2D eigenvalue weighted by molar-refractivity contribution is 0.00578. The average molecular weight is 260 g/mol. The van der Waals surface area contributed by atoms with Gasteiger partial charge >= 0.3 is 7.12 Å². The molecule has 0 N–H and O–H groups in total. The van der Waals surface area contributed by atoms with Gasteiger partial charge in [-0.05, 0) is 45.9 Å². The van der Waals surface area contributed by atoms with E-state index in [4.69, 9.17) is 18.1 Å². The highest BCUT2D eigenvalue weighted by atomic mass is 16.7. The molecule has 5 heteroatoms. The Morgan fingerprint density at radius 2 is 1.68 bits per heavy atom. The molecule has 1 aliphatic heterocycles. The summed E-state index contributed by atoms with van der Waals surface area (Å²) < 4.78 is 22.8. The van der Waals surface area contributed by atoms with E-state index in [0.29, 0.717) is 5.66 Å². The largest absolute Gasteiger partial charge is 0.532 e. The summed E-state index contributed by atoms with van der Waals surface area (Å²) in [6.07, 6.45) is 3.29. The van der Waals surface area contributed by atoms with E-state index >= 15 is 0 Å². The van der Waals surface area contributed by atoms with Gasteiger partial charge in [0.2, 0.25) is 0 Å². The van der Waals surface area contributed by atoms with E-state index in [-0.39, 0.29) is 11.2 Å². The first-order valence-electron chi connectivity index (χ1n) is 6.37. The minimum atomic E-state index is -0.478. The van der Waals surface area contributed by atoms with Gasteiger partial charge in [-0.25, -0.2) is 0 Å². The first kappa shape index (κ1) is 12.6. The van der Waals surface area contributed by atoms with Gasteiger partial charge < -0.3 is 18.1 Å². The van der Waals surface area contributed by atoms with Crippen molar-refractivity contribution in [1.82, 2.24) is 0 Å². The molecule has 4 nitrogen and oxygen atoms in total. The van der Waals surface area contributed by atoms with Crippen LogP contribution in [0.25, 0.3) is 11.3 Å². The Hall–Kier alpha value is -1.46. The molecule has 0 unspecified atom stereocenters. The summed E-state index contributed by atoms with van der Waals surface area (Å²) in [5.74, 6) is 0.770. The van der Waals surface area contributed by atoms with Crippen LogP contribution in [0.5, 0.6) is 0 Å². The molecule has 2 aromatic heterocycles. The van der Waals surface area contributed by atoms with Crippen LogP contribution in [0.1, 0.15) is 27.7 Å². The molecule has 0 radical (unpaired) electrons. The predicted octanol–water partition coefficient (Wildman–Crippen LogP) is 2.84. The average Bonchev–Trinajstić information content (AvgIpc) is 3.00. The van der Waals surface area contributed by atoms with Crippen LogP contribution in [0, 0.1) is 0 Å². The molecule has 19 heavy (non-hydrogen) atoms. The summed E-state index contributed by atoms with van der Waals surface area (Å²) in [5.41, 5.74) is 0.810. The van der Waals surface area contributed by atoms with Gasteiger partial charge in [-0.15, -0.1) is 0 Å². The zero-order chi connectivity index (χ0) is 13.7. The van der Waals surface area contributed by atoms with Gasteiger partial charge in [0.25, 0.3) is 0 Å². The van der Waals surface area contributed by atoms with Crippen LogP contribution >= 0.6 is 0 Å². The predicted molar refractivity (Wildman–Crippen MR) is 72.1 cm³/mol. The van der Waals surface area contributed by atoms with E-state index in [0.717, 1.165) is 11.3 Å². The monoisotopic (exact) mass is 260 g/mol. The van der Waals surface area contributed by atoms with Crippen LogP contribution in [-0.2, 0) is 9.31 Å². The summed E-state index contributed by atoms with van der Waals surface area (Å²) in [7, 11) is -0.478. The fourth-order valence-corrected chi connectivity index (χ4v) is 2.01. The highest BCUT2D eigenvalue weighted by molar-refractivity contribution is 6.60. The van der Waals surface area contributed by atoms with Gasteiger partial charge in [0, 0.05) is 0 Å². The second kappa shape index (κ2) is 4.02. The maximum absolute atomic E-state index is 5.93. The summed E-state index contributed by atoms with van der Waals surface area (Å²) >= 11 is 0. The van der Waals surface area contributed by atoms with Crippen molar-refractivity contribution in [2.45, 2.75) is 38.9 Å². The molecule has 0 spiro atoms. The standard InChI is InChI=1S/C14H17BO4/c1-13(2)14(3,4)19-15(18-13)12-8-10(9-17-12)11-6-5-7-16-11/h5-9H,1-4H3. The Morgan fingerprint density at radius 1 is 1.00 bits per heavy atom. The Bertz CT molecular complexity index is 552. The number of hydrogen-bond acceptors (Lipinski definition) is 4. The minimum Gasteiger partial charge on any atom is -0.472 e. The zero-order valence-corrected chi connectivity index (χ0v) is 11.6. The fourth-order valence-electron chi connectivity index (χ4n) is 2.01. The molecule has 2 aromatic rings. The summed E-state index contributed by atoms with van der Waals surface area (Å²) in [5, 5.41) is 0. The van der Waals surface area contributed by atoms with Crippen LogP contribution < -0.4 is 5.66 Å². The molecule has 0 saturated carbocycles. The van der Waals surface area contributed by atoms with Crippen LogP contribution in [0.2, 0.25) is 0 Å². The van der Waals surface area contributed by atoms with E-state index in [9.17, 15) is 0 Å². The smallest absolute Gasteiger partial charge is 0.472 e. The molecular weight excluding hydrogens is 243 g/mol. The van der Waals surface area contributed by atoms with E-state index in [1.807, 2.05) is 45.9 Å². The van der Waals surface area contributed by atoms with Crippen molar-refractivity contribution in [3.63, 3.8) is 0 Å². The minimum absolute atomic E-state index is 0.366.